The minimum absolute atomic E-state index is 0.343. The first-order valence-electron chi connectivity index (χ1n) is 5.27. The fourth-order valence-corrected chi connectivity index (χ4v) is 2.45. The Kier molecular flexibility index (Phi) is 4.64. The van der Waals surface area contributed by atoms with Gasteiger partial charge in [0.1, 0.15) is 6.04 Å². The Bertz CT molecular complexity index is 309. The number of aliphatic carboxylic acids is 1. The number of carboxylic acids is 1. The monoisotopic (exact) mass is 262 g/mol. The van der Waals surface area contributed by atoms with Crippen molar-refractivity contribution in [3.8, 4) is 0 Å². The highest BCUT2D eigenvalue weighted by Gasteiger charge is 2.35. The lowest BCUT2D eigenvalue weighted by Crippen LogP contribution is -2.50. The molecule has 1 atom stereocenters. The van der Waals surface area contributed by atoms with Crippen molar-refractivity contribution < 1.29 is 19.4 Å². The maximum absolute atomic E-state index is 11.8. The Hall–Kier alpha value is -0.950. The van der Waals surface area contributed by atoms with Crippen molar-refractivity contribution in [2.45, 2.75) is 25.5 Å². The van der Waals surface area contributed by atoms with Gasteiger partial charge in [0, 0.05) is 19.4 Å². The normalized spacial score (nSPS) is 20.4. The fraction of sp³-hybridized carbons (Fsp3) is 0.800. The van der Waals surface area contributed by atoms with Crippen molar-refractivity contribution in [3.05, 3.63) is 0 Å². The lowest BCUT2D eigenvalue weighted by Gasteiger charge is -2.26. The molecular weight excluding hydrogens is 244 g/mol. The Balaban J connectivity index is 2.50. The first-order valence-corrected chi connectivity index (χ1v) is 6.43. The van der Waals surface area contributed by atoms with E-state index in [0.717, 1.165) is 0 Å². The van der Waals surface area contributed by atoms with Crippen LogP contribution >= 0.6 is 11.8 Å². The van der Waals surface area contributed by atoms with Gasteiger partial charge in [0.25, 0.3) is 0 Å². The van der Waals surface area contributed by atoms with Gasteiger partial charge in [-0.05, 0) is 13.8 Å². The van der Waals surface area contributed by atoms with Crippen LogP contribution in [0.1, 0.15) is 13.8 Å². The van der Waals surface area contributed by atoms with E-state index in [2.05, 4.69) is 5.32 Å². The molecule has 1 aliphatic rings. The molecule has 1 heterocycles. The molecule has 0 radical (unpaired) electrons. The summed E-state index contributed by atoms with van der Waals surface area (Å²) in [6.07, 6.45) is 0. The number of nitrogens with zero attached hydrogens (tertiary/aromatic N) is 1. The molecule has 1 fully saturated rings. The Morgan fingerprint density at radius 1 is 1.59 bits per heavy atom. The molecule has 1 aliphatic heterocycles. The zero-order chi connectivity index (χ0) is 13.1. The minimum atomic E-state index is -0.962. The summed E-state index contributed by atoms with van der Waals surface area (Å²) in [5.74, 6) is -0.108. The van der Waals surface area contributed by atoms with E-state index in [1.165, 1.54) is 16.7 Å². The lowest BCUT2D eigenvalue weighted by atomic mass is 10.1. The van der Waals surface area contributed by atoms with Gasteiger partial charge in [-0.2, -0.15) is 0 Å². The Morgan fingerprint density at radius 2 is 2.24 bits per heavy atom. The quantitative estimate of drug-likeness (QED) is 0.775. The third-order valence-corrected chi connectivity index (χ3v) is 3.66. The van der Waals surface area contributed by atoms with E-state index in [-0.39, 0.29) is 6.03 Å². The van der Waals surface area contributed by atoms with E-state index in [0.29, 0.717) is 18.2 Å². The van der Waals surface area contributed by atoms with Crippen LogP contribution in [0.2, 0.25) is 0 Å². The number of nitrogens with one attached hydrogen (secondary N) is 1. The van der Waals surface area contributed by atoms with Crippen LogP contribution in [0.4, 0.5) is 4.79 Å². The van der Waals surface area contributed by atoms with Crippen LogP contribution in [0.25, 0.3) is 0 Å². The van der Waals surface area contributed by atoms with Gasteiger partial charge in [0.15, 0.2) is 0 Å². The summed E-state index contributed by atoms with van der Waals surface area (Å²) in [5.41, 5.74) is -0.457. The molecule has 1 rings (SSSR count). The molecule has 0 aromatic rings. The second kappa shape index (κ2) is 5.59. The van der Waals surface area contributed by atoms with Crippen molar-refractivity contribution in [1.82, 2.24) is 10.2 Å². The van der Waals surface area contributed by atoms with Gasteiger partial charge in [-0.25, -0.2) is 9.59 Å². The first-order chi connectivity index (χ1) is 7.87. The van der Waals surface area contributed by atoms with Gasteiger partial charge in [-0.15, -0.1) is 11.8 Å². The van der Waals surface area contributed by atoms with E-state index in [1.807, 2.05) is 13.8 Å². The molecule has 7 heteroatoms. The third-order valence-electron chi connectivity index (χ3n) is 2.65. The van der Waals surface area contributed by atoms with Crippen molar-refractivity contribution in [2.75, 3.05) is 25.3 Å². The third kappa shape index (κ3) is 3.78. The Morgan fingerprint density at radius 3 is 2.76 bits per heavy atom. The predicted octanol–water partition coefficient (Wildman–Crippen LogP) is 0.580. The molecular formula is C10H18N2O4S. The zero-order valence-electron chi connectivity index (χ0n) is 10.2. The summed E-state index contributed by atoms with van der Waals surface area (Å²) >= 11 is 1.44. The number of carboxylic acid groups (broad SMARTS) is 1. The van der Waals surface area contributed by atoms with Gasteiger partial charge in [-0.3, -0.25) is 0 Å². The number of methoxy groups -OCH3 is 1. The number of hydrogen-bond donors (Lipinski definition) is 2. The van der Waals surface area contributed by atoms with E-state index >= 15 is 0 Å². The van der Waals surface area contributed by atoms with E-state index in [4.69, 9.17) is 9.84 Å². The van der Waals surface area contributed by atoms with Gasteiger partial charge in [0.05, 0.1) is 11.5 Å². The van der Waals surface area contributed by atoms with E-state index in [1.54, 1.807) is 7.11 Å². The maximum Gasteiger partial charge on any atom is 0.327 e. The molecule has 0 aliphatic carbocycles. The second-order valence-electron chi connectivity index (χ2n) is 4.45. The number of ether oxygens (including phenoxy) is 1. The van der Waals surface area contributed by atoms with Crippen molar-refractivity contribution in [2.24, 2.45) is 0 Å². The lowest BCUT2D eigenvalue weighted by molar-refractivity contribution is -0.140. The van der Waals surface area contributed by atoms with Crippen LogP contribution < -0.4 is 5.32 Å². The molecule has 1 saturated heterocycles. The number of carbonyl (C=O) groups excluding carboxylic acids is 1. The molecule has 1 unspecified atom stereocenters. The topological polar surface area (TPSA) is 78.9 Å². The van der Waals surface area contributed by atoms with Crippen LogP contribution in [0, 0.1) is 0 Å². The second-order valence-corrected chi connectivity index (χ2v) is 5.45. The standard InChI is InChI=1S/C10H18N2O4S/c1-10(2,16-3)5-11-9(15)12-6-17-4-7(12)8(13)14/h7H,4-6H2,1-3H3,(H,11,15)(H,13,14). The molecule has 0 spiro atoms. The number of rotatable bonds is 4. The van der Waals surface area contributed by atoms with Crippen LogP contribution in [0.5, 0.6) is 0 Å². The molecule has 0 aromatic heterocycles. The summed E-state index contributed by atoms with van der Waals surface area (Å²) in [6, 6.07) is -1.09. The number of thioether (sulfide) groups is 1. The summed E-state index contributed by atoms with van der Waals surface area (Å²) in [4.78, 5) is 24.1. The van der Waals surface area contributed by atoms with Crippen LogP contribution in [0.15, 0.2) is 0 Å². The van der Waals surface area contributed by atoms with Crippen LogP contribution in [-0.4, -0.2) is 58.9 Å². The number of carbonyl (C=O) groups is 2. The molecule has 0 bridgehead atoms. The fourth-order valence-electron chi connectivity index (χ4n) is 1.31. The first kappa shape index (κ1) is 14.1. The summed E-state index contributed by atoms with van der Waals surface area (Å²) in [7, 11) is 1.57. The van der Waals surface area contributed by atoms with E-state index < -0.39 is 17.6 Å². The zero-order valence-corrected chi connectivity index (χ0v) is 11.0. The molecule has 6 nitrogen and oxygen atoms in total. The highest BCUT2D eigenvalue weighted by molar-refractivity contribution is 7.99. The number of urea groups is 1. The Labute approximate surface area is 105 Å². The van der Waals surface area contributed by atoms with Crippen LogP contribution in [-0.2, 0) is 9.53 Å². The van der Waals surface area contributed by atoms with Crippen LogP contribution in [0.3, 0.4) is 0 Å². The molecule has 98 valence electrons. The van der Waals surface area contributed by atoms with Crippen molar-refractivity contribution >= 4 is 23.8 Å². The average molecular weight is 262 g/mol. The van der Waals surface area contributed by atoms with Gasteiger partial charge in [0.2, 0.25) is 0 Å². The summed E-state index contributed by atoms with van der Waals surface area (Å²) in [5, 5.41) is 11.6. The van der Waals surface area contributed by atoms with Crippen molar-refractivity contribution in [1.29, 1.82) is 0 Å². The van der Waals surface area contributed by atoms with Gasteiger partial charge in [-0.1, -0.05) is 0 Å². The maximum atomic E-state index is 11.8. The molecule has 2 N–H and O–H groups in total. The number of hydrogen-bond acceptors (Lipinski definition) is 4. The molecule has 0 aromatic carbocycles. The number of amides is 2. The highest BCUT2D eigenvalue weighted by atomic mass is 32.2. The average Bonchev–Trinajstić information content (AvgIpc) is 2.75. The van der Waals surface area contributed by atoms with Gasteiger partial charge < -0.3 is 20.1 Å². The SMILES string of the molecule is COC(C)(C)CNC(=O)N1CSCC1C(=O)O. The highest BCUT2D eigenvalue weighted by Crippen LogP contribution is 2.21. The summed E-state index contributed by atoms with van der Waals surface area (Å²) in [6.45, 7) is 4.04. The minimum Gasteiger partial charge on any atom is -0.480 e. The molecule has 2 amide bonds. The largest absolute Gasteiger partial charge is 0.480 e. The molecule has 0 saturated carbocycles. The predicted molar refractivity (Wildman–Crippen MR) is 65.1 cm³/mol. The molecule has 17 heavy (non-hydrogen) atoms. The smallest absolute Gasteiger partial charge is 0.327 e. The van der Waals surface area contributed by atoms with Gasteiger partial charge >= 0.3 is 12.0 Å². The summed E-state index contributed by atoms with van der Waals surface area (Å²) < 4.78 is 5.17. The van der Waals surface area contributed by atoms with Crippen molar-refractivity contribution in [3.63, 3.8) is 0 Å². The van der Waals surface area contributed by atoms with E-state index in [9.17, 15) is 9.59 Å².